The highest BCUT2D eigenvalue weighted by molar-refractivity contribution is 9.10. The lowest BCUT2D eigenvalue weighted by atomic mass is 9.80. The molecule has 4 heteroatoms. The highest BCUT2D eigenvalue weighted by Gasteiger charge is 2.24. The predicted octanol–water partition coefficient (Wildman–Crippen LogP) is 3.02. The third-order valence-electron chi connectivity index (χ3n) is 3.95. The number of nitrogens with zero attached hydrogens (tertiary/aromatic N) is 2. The molecule has 0 aromatic carbocycles. The van der Waals surface area contributed by atoms with Crippen LogP contribution in [0.2, 0.25) is 0 Å². The highest BCUT2D eigenvalue weighted by atomic mass is 79.9. The van der Waals surface area contributed by atoms with E-state index in [1.165, 1.54) is 29.4 Å². The van der Waals surface area contributed by atoms with E-state index >= 15 is 0 Å². The van der Waals surface area contributed by atoms with Crippen LogP contribution in [0.15, 0.2) is 4.47 Å². The predicted molar refractivity (Wildman–Crippen MR) is 73.9 cm³/mol. The maximum atomic E-state index is 4.52. The third-order valence-corrected chi connectivity index (χ3v) is 4.87. The molecule has 3 nitrogen and oxygen atoms in total. The maximum Gasteiger partial charge on any atom is 0.0767 e. The first kappa shape index (κ1) is 13.1. The molecule has 1 aromatic rings. The molecule has 17 heavy (non-hydrogen) atoms. The average Bonchev–Trinajstić information content (AvgIpc) is 2.49. The van der Waals surface area contributed by atoms with Crippen molar-refractivity contribution in [2.45, 2.75) is 52.1 Å². The molecule has 0 radical (unpaired) electrons. The maximum absolute atomic E-state index is 4.52. The molecule has 1 heterocycles. The SMILES string of the molecule is CCc1nn(C)c(CNC(C)C2CCC2)c1Br. The van der Waals surface area contributed by atoms with Crippen molar-refractivity contribution in [2.75, 3.05) is 0 Å². The topological polar surface area (TPSA) is 29.9 Å². The van der Waals surface area contributed by atoms with Crippen molar-refractivity contribution < 1.29 is 0 Å². The van der Waals surface area contributed by atoms with Crippen LogP contribution < -0.4 is 5.32 Å². The zero-order valence-electron chi connectivity index (χ0n) is 11.0. The second-order valence-corrected chi connectivity index (χ2v) is 5.84. The summed E-state index contributed by atoms with van der Waals surface area (Å²) in [6.45, 7) is 5.35. The molecule has 1 aliphatic carbocycles. The van der Waals surface area contributed by atoms with Gasteiger partial charge in [-0.2, -0.15) is 5.10 Å². The number of rotatable bonds is 5. The molecule has 0 saturated heterocycles. The Morgan fingerprint density at radius 1 is 1.53 bits per heavy atom. The lowest BCUT2D eigenvalue weighted by Gasteiger charge is -2.32. The molecule has 1 unspecified atom stereocenters. The standard InChI is InChI=1S/C13H22BrN3/c1-4-11-13(14)12(17(3)16-11)8-15-9(2)10-6-5-7-10/h9-10,15H,4-8H2,1-3H3. The van der Waals surface area contributed by atoms with Gasteiger partial charge in [-0.15, -0.1) is 0 Å². The molecule has 1 aliphatic rings. The lowest BCUT2D eigenvalue weighted by Crippen LogP contribution is -2.37. The monoisotopic (exact) mass is 299 g/mol. The minimum Gasteiger partial charge on any atom is -0.308 e. The van der Waals surface area contributed by atoms with Crippen LogP contribution in [-0.4, -0.2) is 15.8 Å². The van der Waals surface area contributed by atoms with Crippen molar-refractivity contribution in [1.29, 1.82) is 0 Å². The largest absolute Gasteiger partial charge is 0.308 e. The first-order chi connectivity index (χ1) is 8.13. The smallest absolute Gasteiger partial charge is 0.0767 e. The molecule has 1 atom stereocenters. The number of aromatic nitrogens is 2. The van der Waals surface area contributed by atoms with E-state index in [9.17, 15) is 0 Å². The van der Waals surface area contributed by atoms with Gasteiger partial charge >= 0.3 is 0 Å². The highest BCUT2D eigenvalue weighted by Crippen LogP contribution is 2.29. The Labute approximate surface area is 112 Å². The Kier molecular flexibility index (Phi) is 4.26. The summed E-state index contributed by atoms with van der Waals surface area (Å²) in [6, 6.07) is 0.621. The number of nitrogens with one attached hydrogen (secondary N) is 1. The van der Waals surface area contributed by atoms with Gasteiger partial charge in [0, 0.05) is 19.6 Å². The Balaban J connectivity index is 1.95. The molecule has 0 spiro atoms. The van der Waals surface area contributed by atoms with Crippen LogP contribution in [0, 0.1) is 5.92 Å². The molecule has 96 valence electrons. The Hall–Kier alpha value is -0.350. The summed E-state index contributed by atoms with van der Waals surface area (Å²) in [6.07, 6.45) is 5.17. The second-order valence-electron chi connectivity index (χ2n) is 5.05. The number of aryl methyl sites for hydroxylation is 2. The first-order valence-electron chi connectivity index (χ1n) is 6.57. The van der Waals surface area contributed by atoms with Crippen LogP contribution in [0.4, 0.5) is 0 Å². The summed E-state index contributed by atoms with van der Waals surface area (Å²) in [4.78, 5) is 0. The summed E-state index contributed by atoms with van der Waals surface area (Å²) in [7, 11) is 2.02. The van der Waals surface area contributed by atoms with Crippen LogP contribution in [0.1, 0.15) is 44.5 Å². The van der Waals surface area contributed by atoms with Crippen LogP contribution in [0.25, 0.3) is 0 Å². The Bertz CT molecular complexity index is 382. The van der Waals surface area contributed by atoms with E-state index < -0.39 is 0 Å². The first-order valence-corrected chi connectivity index (χ1v) is 7.36. The summed E-state index contributed by atoms with van der Waals surface area (Å²) in [5.41, 5.74) is 2.41. The van der Waals surface area contributed by atoms with Gasteiger partial charge in [0.2, 0.25) is 0 Å². The minimum atomic E-state index is 0.621. The lowest BCUT2D eigenvalue weighted by molar-refractivity contribution is 0.239. The fourth-order valence-corrected chi connectivity index (χ4v) is 3.13. The summed E-state index contributed by atoms with van der Waals surface area (Å²) in [5, 5.41) is 8.14. The van der Waals surface area contributed by atoms with Gasteiger partial charge in [0.15, 0.2) is 0 Å². The summed E-state index contributed by atoms with van der Waals surface area (Å²) >= 11 is 3.66. The van der Waals surface area contributed by atoms with Crippen LogP contribution in [-0.2, 0) is 20.0 Å². The van der Waals surface area contributed by atoms with Crippen LogP contribution in [0.5, 0.6) is 0 Å². The molecule has 2 rings (SSSR count). The van der Waals surface area contributed by atoms with Crippen molar-refractivity contribution in [3.63, 3.8) is 0 Å². The van der Waals surface area contributed by atoms with Crippen molar-refractivity contribution in [1.82, 2.24) is 15.1 Å². The zero-order chi connectivity index (χ0) is 12.4. The molecule has 0 bridgehead atoms. The van der Waals surface area contributed by atoms with Gasteiger partial charge in [-0.3, -0.25) is 4.68 Å². The van der Waals surface area contributed by atoms with Gasteiger partial charge in [0.1, 0.15) is 0 Å². The molecule has 1 N–H and O–H groups in total. The van der Waals surface area contributed by atoms with E-state index in [0.29, 0.717) is 6.04 Å². The Morgan fingerprint density at radius 2 is 2.24 bits per heavy atom. The summed E-state index contributed by atoms with van der Waals surface area (Å²) in [5.74, 6) is 0.882. The third kappa shape index (κ3) is 2.74. The van der Waals surface area contributed by atoms with E-state index in [2.05, 4.69) is 40.2 Å². The Morgan fingerprint density at radius 3 is 2.71 bits per heavy atom. The van der Waals surface area contributed by atoms with Gasteiger partial charge in [-0.25, -0.2) is 0 Å². The van der Waals surface area contributed by atoms with E-state index in [4.69, 9.17) is 0 Å². The van der Waals surface area contributed by atoms with Crippen molar-refractivity contribution in [2.24, 2.45) is 13.0 Å². The van der Waals surface area contributed by atoms with E-state index in [1.807, 2.05) is 11.7 Å². The molecule has 0 aliphatic heterocycles. The van der Waals surface area contributed by atoms with E-state index in [1.54, 1.807) is 0 Å². The van der Waals surface area contributed by atoms with Crippen molar-refractivity contribution in [3.05, 3.63) is 15.9 Å². The van der Waals surface area contributed by atoms with Gasteiger partial charge < -0.3 is 5.32 Å². The van der Waals surface area contributed by atoms with E-state index in [0.717, 1.165) is 24.6 Å². The fraction of sp³-hybridized carbons (Fsp3) is 0.769. The van der Waals surface area contributed by atoms with Crippen molar-refractivity contribution >= 4 is 15.9 Å². The zero-order valence-corrected chi connectivity index (χ0v) is 12.5. The van der Waals surface area contributed by atoms with Gasteiger partial charge in [0.25, 0.3) is 0 Å². The molecule has 1 saturated carbocycles. The van der Waals surface area contributed by atoms with Crippen molar-refractivity contribution in [3.8, 4) is 0 Å². The van der Waals surface area contributed by atoms with Gasteiger partial charge in [-0.1, -0.05) is 13.3 Å². The normalized spacial score (nSPS) is 18.1. The van der Waals surface area contributed by atoms with E-state index in [-0.39, 0.29) is 0 Å². The second kappa shape index (κ2) is 5.53. The molecule has 1 aromatic heterocycles. The molecular weight excluding hydrogens is 278 g/mol. The quantitative estimate of drug-likeness (QED) is 0.906. The van der Waals surface area contributed by atoms with Crippen LogP contribution >= 0.6 is 15.9 Å². The van der Waals surface area contributed by atoms with Gasteiger partial charge in [0.05, 0.1) is 15.9 Å². The molecule has 0 amide bonds. The fourth-order valence-electron chi connectivity index (χ4n) is 2.38. The molecule has 1 fully saturated rings. The minimum absolute atomic E-state index is 0.621. The average molecular weight is 300 g/mol. The summed E-state index contributed by atoms with van der Waals surface area (Å²) < 4.78 is 3.17. The number of hydrogen-bond acceptors (Lipinski definition) is 2. The van der Waals surface area contributed by atoms with Crippen LogP contribution in [0.3, 0.4) is 0 Å². The molecular formula is C13H22BrN3. The van der Waals surface area contributed by atoms with Gasteiger partial charge in [-0.05, 0) is 48.0 Å². The number of hydrogen-bond donors (Lipinski definition) is 1. The number of halogens is 1.